The molecule has 6 rings (SSSR count). The van der Waals surface area contributed by atoms with E-state index < -0.39 is 0 Å². The highest BCUT2D eigenvalue weighted by Crippen LogP contribution is 2.47. The number of hydrogen-bond donors (Lipinski definition) is 0. The summed E-state index contributed by atoms with van der Waals surface area (Å²) >= 11 is 4.06. The summed E-state index contributed by atoms with van der Waals surface area (Å²) in [6, 6.07) is 24.4. The van der Waals surface area contributed by atoms with Gasteiger partial charge in [-0.15, -0.1) is 0 Å². The molecule has 2 unspecified atom stereocenters. The number of rotatable bonds is 8. The standard InChI is InChI=1S/C48H58BBr/c1-25(2)33-19-37(27(5)6)47(38(20-33)28(7)8)31-13-15-35-41(17-31)44-24-46(50)36-16-14-32(18-42(36)43(44)23-45(35)49)48-39(29(9)10)21-34(26(3)4)22-40(48)30(11)12/h13-30,37,47H,49H2,1-12H3. The normalized spacial score (nSPS) is 17.1. The number of fused-ring (bicyclic) bond motifs is 5. The zero-order chi connectivity index (χ0) is 36.3. The lowest BCUT2D eigenvalue weighted by molar-refractivity contribution is 0.391. The van der Waals surface area contributed by atoms with Gasteiger partial charge in [0, 0.05) is 10.4 Å². The Morgan fingerprint density at radius 3 is 1.70 bits per heavy atom. The lowest BCUT2D eigenvalue weighted by Crippen LogP contribution is -2.25. The van der Waals surface area contributed by atoms with Gasteiger partial charge in [0.25, 0.3) is 0 Å². The van der Waals surface area contributed by atoms with Gasteiger partial charge in [0.05, 0.1) is 0 Å². The molecule has 0 aliphatic heterocycles. The van der Waals surface area contributed by atoms with E-state index >= 15 is 0 Å². The average Bonchev–Trinajstić information content (AvgIpc) is 3.07. The fraction of sp³-hybridized carbons (Fsp3) is 0.417. The highest BCUT2D eigenvalue weighted by molar-refractivity contribution is 9.10. The fourth-order valence-corrected chi connectivity index (χ4v) is 9.16. The monoisotopic (exact) mass is 724 g/mol. The van der Waals surface area contributed by atoms with Crippen molar-refractivity contribution < 1.29 is 0 Å². The summed E-state index contributed by atoms with van der Waals surface area (Å²) in [4.78, 5) is 0. The van der Waals surface area contributed by atoms with Gasteiger partial charge in [-0.25, -0.2) is 0 Å². The third-order valence-electron chi connectivity index (χ3n) is 11.6. The van der Waals surface area contributed by atoms with Crippen molar-refractivity contribution in [2.24, 2.45) is 23.7 Å². The van der Waals surface area contributed by atoms with E-state index in [4.69, 9.17) is 0 Å². The molecule has 0 heterocycles. The van der Waals surface area contributed by atoms with E-state index in [1.165, 1.54) is 76.7 Å². The van der Waals surface area contributed by atoms with Crippen molar-refractivity contribution in [2.75, 3.05) is 0 Å². The Kier molecular flexibility index (Phi) is 10.4. The van der Waals surface area contributed by atoms with Gasteiger partial charge in [0.15, 0.2) is 0 Å². The Labute approximate surface area is 312 Å². The van der Waals surface area contributed by atoms with E-state index in [1.54, 1.807) is 5.57 Å². The number of halogens is 1. The molecule has 5 aromatic carbocycles. The van der Waals surface area contributed by atoms with Crippen LogP contribution in [0.15, 0.2) is 88.4 Å². The highest BCUT2D eigenvalue weighted by atomic mass is 79.9. The minimum Gasteiger partial charge on any atom is -0.0806 e. The first-order valence-corrected chi connectivity index (χ1v) is 20.1. The topological polar surface area (TPSA) is 0 Å². The Morgan fingerprint density at radius 1 is 0.560 bits per heavy atom. The van der Waals surface area contributed by atoms with Crippen LogP contribution in [0.5, 0.6) is 0 Å². The first kappa shape index (κ1) is 36.7. The summed E-state index contributed by atoms with van der Waals surface area (Å²) in [6.07, 6.45) is 5.13. The van der Waals surface area contributed by atoms with Crippen LogP contribution in [0, 0.1) is 23.7 Å². The van der Waals surface area contributed by atoms with Crippen LogP contribution < -0.4 is 5.46 Å². The summed E-state index contributed by atoms with van der Waals surface area (Å²) in [5.41, 5.74) is 13.0. The molecule has 0 N–H and O–H groups in total. The van der Waals surface area contributed by atoms with E-state index in [0.29, 0.717) is 47.3 Å². The van der Waals surface area contributed by atoms with Gasteiger partial charge in [-0.2, -0.15) is 0 Å². The van der Waals surface area contributed by atoms with Crippen LogP contribution in [0.2, 0.25) is 0 Å². The lowest BCUT2D eigenvalue weighted by atomic mass is 9.67. The fourth-order valence-electron chi connectivity index (χ4n) is 8.59. The van der Waals surface area contributed by atoms with Gasteiger partial charge in [0.2, 0.25) is 0 Å². The van der Waals surface area contributed by atoms with Crippen molar-refractivity contribution in [1.82, 2.24) is 0 Å². The predicted octanol–water partition coefficient (Wildman–Crippen LogP) is 13.7. The van der Waals surface area contributed by atoms with Crippen molar-refractivity contribution in [3.8, 4) is 11.1 Å². The molecule has 0 saturated carbocycles. The Morgan fingerprint density at radius 2 is 1.14 bits per heavy atom. The van der Waals surface area contributed by atoms with Gasteiger partial charge >= 0.3 is 0 Å². The van der Waals surface area contributed by atoms with Crippen molar-refractivity contribution >= 4 is 61.6 Å². The first-order chi connectivity index (χ1) is 23.6. The van der Waals surface area contributed by atoms with Crippen LogP contribution in [0.1, 0.15) is 129 Å². The second-order valence-corrected chi connectivity index (χ2v) is 18.0. The molecule has 0 amide bonds. The van der Waals surface area contributed by atoms with Crippen LogP contribution >= 0.6 is 15.9 Å². The average molecular weight is 726 g/mol. The van der Waals surface area contributed by atoms with E-state index in [2.05, 4.69) is 180 Å². The molecule has 0 radical (unpaired) electrons. The molecule has 1 aliphatic carbocycles. The smallest absolute Gasteiger partial charge is 0.0806 e. The summed E-state index contributed by atoms with van der Waals surface area (Å²) in [5, 5.41) is 7.98. The molecule has 5 aromatic rings. The highest BCUT2D eigenvalue weighted by Gasteiger charge is 2.33. The molecule has 260 valence electrons. The molecular formula is C48H58BBr. The molecule has 2 atom stereocenters. The summed E-state index contributed by atoms with van der Waals surface area (Å²) in [5.74, 6) is 3.81. The molecule has 1 aliphatic rings. The minimum absolute atomic E-state index is 0.380. The first-order valence-electron chi connectivity index (χ1n) is 19.3. The molecule has 0 bridgehead atoms. The van der Waals surface area contributed by atoms with Crippen molar-refractivity contribution in [2.45, 2.75) is 107 Å². The third-order valence-corrected chi connectivity index (χ3v) is 12.2. The summed E-state index contributed by atoms with van der Waals surface area (Å²) < 4.78 is 1.16. The number of hydrogen-bond acceptors (Lipinski definition) is 0. The number of allylic oxidation sites excluding steroid dienone is 4. The minimum atomic E-state index is 0.380. The Balaban J connectivity index is 1.63. The van der Waals surface area contributed by atoms with Gasteiger partial charge in [-0.3, -0.25) is 0 Å². The van der Waals surface area contributed by atoms with Gasteiger partial charge in [0.1, 0.15) is 7.85 Å². The molecule has 0 aromatic heterocycles. The molecule has 0 spiro atoms. The van der Waals surface area contributed by atoms with Crippen LogP contribution in [0.4, 0.5) is 0 Å². The maximum absolute atomic E-state index is 4.06. The number of benzene rings is 5. The zero-order valence-electron chi connectivity index (χ0n) is 32.9. The summed E-state index contributed by atoms with van der Waals surface area (Å²) in [6.45, 7) is 28.3. The predicted molar refractivity (Wildman–Crippen MR) is 229 cm³/mol. The second-order valence-electron chi connectivity index (χ2n) is 17.2. The summed E-state index contributed by atoms with van der Waals surface area (Å²) in [7, 11) is 2.30. The Bertz CT molecular complexity index is 2120. The van der Waals surface area contributed by atoms with Crippen LogP contribution in [0.25, 0.3) is 43.4 Å². The van der Waals surface area contributed by atoms with Gasteiger partial charge < -0.3 is 0 Å². The zero-order valence-corrected chi connectivity index (χ0v) is 34.5. The molecule has 2 heteroatoms. The van der Waals surface area contributed by atoms with Crippen molar-refractivity contribution in [1.29, 1.82) is 0 Å². The van der Waals surface area contributed by atoms with E-state index in [-0.39, 0.29) is 0 Å². The van der Waals surface area contributed by atoms with E-state index in [9.17, 15) is 0 Å². The molecular weight excluding hydrogens is 667 g/mol. The van der Waals surface area contributed by atoms with Crippen LogP contribution in [-0.2, 0) is 0 Å². The second kappa shape index (κ2) is 14.1. The van der Waals surface area contributed by atoms with Crippen LogP contribution in [0.3, 0.4) is 0 Å². The maximum atomic E-state index is 4.06. The van der Waals surface area contributed by atoms with Crippen molar-refractivity contribution in [3.63, 3.8) is 0 Å². The van der Waals surface area contributed by atoms with Gasteiger partial charge in [-0.05, 0) is 131 Å². The van der Waals surface area contributed by atoms with E-state index in [0.717, 1.165) is 4.47 Å². The quantitative estimate of drug-likeness (QED) is 0.110. The van der Waals surface area contributed by atoms with E-state index in [1.807, 2.05) is 0 Å². The molecule has 0 nitrogen and oxygen atoms in total. The van der Waals surface area contributed by atoms with Crippen LogP contribution in [-0.4, -0.2) is 7.85 Å². The maximum Gasteiger partial charge on any atom is 0.140 e. The lowest BCUT2D eigenvalue weighted by Gasteiger charge is -2.37. The largest absolute Gasteiger partial charge is 0.140 e. The molecule has 50 heavy (non-hydrogen) atoms. The van der Waals surface area contributed by atoms with Crippen molar-refractivity contribution in [3.05, 3.63) is 111 Å². The SMILES string of the molecule is Bc1cc2c3cc(-c4c(C(C)C)cc(C(C)C)cc4C(C)C)ccc3c(Br)cc2c2cc(C3C(C(C)C)=CC(C(C)C)=CC3C(C)C)ccc12. The Hall–Kier alpha value is -3.10. The molecule has 0 fully saturated rings. The van der Waals surface area contributed by atoms with Gasteiger partial charge in [-0.1, -0.05) is 165 Å². The molecule has 0 saturated heterocycles. The third kappa shape index (κ3) is 6.56.